The zero-order valence-corrected chi connectivity index (χ0v) is 12.4. The standard InChI is InChI=1S/C13H18N4O2S/c1-3-7-11(2)10-20(18,19)13-14-15-16-17(13)12-8-5-4-6-9-12/h4-6,8-9,11H,3,7,10H2,1-2H3/t11-/m0/s1. The first-order chi connectivity index (χ1) is 9.54. The van der Waals surface area contributed by atoms with Crippen LogP contribution in [-0.4, -0.2) is 34.4 Å². The Bertz CT molecular complexity index is 652. The fourth-order valence-corrected chi connectivity index (χ4v) is 3.76. The highest BCUT2D eigenvalue weighted by atomic mass is 32.2. The molecule has 1 atom stereocenters. The highest BCUT2D eigenvalue weighted by molar-refractivity contribution is 7.91. The van der Waals surface area contributed by atoms with Gasteiger partial charge >= 0.3 is 0 Å². The summed E-state index contributed by atoms with van der Waals surface area (Å²) >= 11 is 0. The minimum atomic E-state index is -3.49. The lowest BCUT2D eigenvalue weighted by atomic mass is 10.1. The number of nitrogens with zero attached hydrogens (tertiary/aromatic N) is 4. The van der Waals surface area contributed by atoms with Crippen LogP contribution in [0.15, 0.2) is 35.5 Å². The minimum Gasteiger partial charge on any atom is -0.220 e. The van der Waals surface area contributed by atoms with Crippen molar-refractivity contribution in [3.05, 3.63) is 30.3 Å². The van der Waals surface area contributed by atoms with Crippen LogP contribution in [0.3, 0.4) is 0 Å². The van der Waals surface area contributed by atoms with Gasteiger partial charge in [0.15, 0.2) is 0 Å². The van der Waals surface area contributed by atoms with Crippen molar-refractivity contribution in [3.8, 4) is 5.69 Å². The molecule has 108 valence electrons. The lowest BCUT2D eigenvalue weighted by molar-refractivity contribution is 0.536. The maximum atomic E-state index is 12.4. The molecule has 2 rings (SSSR count). The van der Waals surface area contributed by atoms with Gasteiger partial charge in [-0.1, -0.05) is 43.6 Å². The highest BCUT2D eigenvalue weighted by Gasteiger charge is 2.25. The van der Waals surface area contributed by atoms with Crippen LogP contribution in [0.4, 0.5) is 0 Å². The number of aromatic nitrogens is 4. The van der Waals surface area contributed by atoms with E-state index in [0.717, 1.165) is 12.8 Å². The smallest absolute Gasteiger partial charge is 0.220 e. The number of tetrazole rings is 1. The van der Waals surface area contributed by atoms with Crippen molar-refractivity contribution in [2.45, 2.75) is 31.8 Å². The number of benzene rings is 1. The SMILES string of the molecule is CCC[C@H](C)CS(=O)(=O)c1nnnn1-c1ccccc1. The molecule has 2 aromatic rings. The van der Waals surface area contributed by atoms with E-state index in [2.05, 4.69) is 15.5 Å². The third kappa shape index (κ3) is 3.22. The first-order valence-electron chi connectivity index (χ1n) is 6.61. The van der Waals surface area contributed by atoms with Gasteiger partial charge in [-0.3, -0.25) is 0 Å². The van der Waals surface area contributed by atoms with Crippen molar-refractivity contribution in [3.63, 3.8) is 0 Å². The summed E-state index contributed by atoms with van der Waals surface area (Å²) in [5.41, 5.74) is 0.638. The highest BCUT2D eigenvalue weighted by Crippen LogP contribution is 2.17. The molecule has 0 spiro atoms. The average molecular weight is 294 g/mol. The number of hydrogen-bond donors (Lipinski definition) is 0. The molecule has 0 radical (unpaired) electrons. The van der Waals surface area contributed by atoms with Crippen molar-refractivity contribution in [1.82, 2.24) is 20.2 Å². The third-order valence-electron chi connectivity index (χ3n) is 3.01. The predicted octanol–water partition coefficient (Wildman–Crippen LogP) is 1.87. The molecule has 1 aromatic carbocycles. The van der Waals surface area contributed by atoms with Crippen LogP contribution in [0.2, 0.25) is 0 Å². The summed E-state index contributed by atoms with van der Waals surface area (Å²) < 4.78 is 26.1. The molecule has 0 aliphatic heterocycles. The molecule has 0 N–H and O–H groups in total. The maximum absolute atomic E-state index is 12.4. The van der Waals surface area contributed by atoms with Crippen LogP contribution < -0.4 is 0 Å². The Morgan fingerprint density at radius 1 is 1.25 bits per heavy atom. The number of hydrogen-bond acceptors (Lipinski definition) is 5. The normalized spacial score (nSPS) is 13.3. The van der Waals surface area contributed by atoms with E-state index in [4.69, 9.17) is 0 Å². The van der Waals surface area contributed by atoms with Gasteiger partial charge in [-0.2, -0.15) is 4.68 Å². The third-order valence-corrected chi connectivity index (χ3v) is 4.82. The van der Waals surface area contributed by atoms with Crippen molar-refractivity contribution < 1.29 is 8.42 Å². The van der Waals surface area contributed by atoms with Gasteiger partial charge in [0.05, 0.1) is 11.4 Å². The lowest BCUT2D eigenvalue weighted by Gasteiger charge is -2.10. The Morgan fingerprint density at radius 2 is 1.95 bits per heavy atom. The first kappa shape index (κ1) is 14.6. The van der Waals surface area contributed by atoms with Gasteiger partial charge in [-0.25, -0.2) is 8.42 Å². The Balaban J connectivity index is 2.32. The largest absolute Gasteiger partial charge is 0.272 e. The van der Waals surface area contributed by atoms with E-state index in [1.54, 1.807) is 12.1 Å². The van der Waals surface area contributed by atoms with Gasteiger partial charge in [-0.05, 0) is 34.9 Å². The van der Waals surface area contributed by atoms with Crippen LogP contribution in [-0.2, 0) is 9.84 Å². The summed E-state index contributed by atoms with van der Waals surface area (Å²) in [6, 6.07) is 9.02. The number of rotatable bonds is 6. The van der Waals surface area contributed by atoms with Crippen molar-refractivity contribution in [1.29, 1.82) is 0 Å². The summed E-state index contributed by atoms with van der Waals surface area (Å²) in [7, 11) is -3.49. The molecule has 7 heteroatoms. The first-order valence-corrected chi connectivity index (χ1v) is 8.26. The lowest BCUT2D eigenvalue weighted by Crippen LogP contribution is -2.18. The van der Waals surface area contributed by atoms with Crippen LogP contribution in [0.25, 0.3) is 5.69 Å². The Hall–Kier alpha value is -1.76. The van der Waals surface area contributed by atoms with Crippen molar-refractivity contribution in [2.24, 2.45) is 5.92 Å². The van der Waals surface area contributed by atoms with Crippen LogP contribution in [0, 0.1) is 5.92 Å². The van der Waals surface area contributed by atoms with Crippen molar-refractivity contribution >= 4 is 9.84 Å². The molecule has 1 heterocycles. The molecule has 1 aromatic heterocycles. The summed E-state index contributed by atoms with van der Waals surface area (Å²) in [4.78, 5) is 0. The van der Waals surface area contributed by atoms with Gasteiger partial charge in [0, 0.05) is 0 Å². The number of para-hydroxylation sites is 1. The van der Waals surface area contributed by atoms with Crippen LogP contribution >= 0.6 is 0 Å². The number of sulfone groups is 1. The van der Waals surface area contributed by atoms with Gasteiger partial charge in [0.25, 0.3) is 5.16 Å². The quantitative estimate of drug-likeness (QED) is 0.812. The molecule has 0 unspecified atom stereocenters. The second-order valence-corrected chi connectivity index (χ2v) is 6.81. The van der Waals surface area contributed by atoms with Crippen LogP contribution in [0.1, 0.15) is 26.7 Å². The van der Waals surface area contributed by atoms with Gasteiger partial charge in [-0.15, -0.1) is 0 Å². The second kappa shape index (κ2) is 6.13. The van der Waals surface area contributed by atoms with E-state index in [9.17, 15) is 8.42 Å². The average Bonchev–Trinajstić information content (AvgIpc) is 2.89. The monoisotopic (exact) mass is 294 g/mol. The van der Waals surface area contributed by atoms with E-state index in [1.165, 1.54) is 4.68 Å². The molecule has 0 saturated carbocycles. The molecule has 6 nitrogen and oxygen atoms in total. The molecule has 0 aliphatic carbocycles. The van der Waals surface area contributed by atoms with Crippen LogP contribution in [0.5, 0.6) is 0 Å². The Labute approximate surface area is 118 Å². The second-order valence-electron chi connectivity index (χ2n) is 4.88. The van der Waals surface area contributed by atoms with E-state index in [0.29, 0.717) is 5.69 Å². The maximum Gasteiger partial charge on any atom is 0.272 e. The molecular weight excluding hydrogens is 276 g/mol. The van der Waals surface area contributed by atoms with Crippen molar-refractivity contribution in [2.75, 3.05) is 5.75 Å². The molecule has 0 aliphatic rings. The fraction of sp³-hybridized carbons (Fsp3) is 0.462. The van der Waals surface area contributed by atoms with Gasteiger partial charge < -0.3 is 0 Å². The Morgan fingerprint density at radius 3 is 2.60 bits per heavy atom. The minimum absolute atomic E-state index is 0.0635. The van der Waals surface area contributed by atoms with Gasteiger partial charge in [0.2, 0.25) is 9.84 Å². The van der Waals surface area contributed by atoms with E-state index in [1.807, 2.05) is 32.0 Å². The molecule has 0 fully saturated rings. The molecule has 0 bridgehead atoms. The zero-order valence-electron chi connectivity index (χ0n) is 11.6. The topological polar surface area (TPSA) is 77.7 Å². The van der Waals surface area contributed by atoms with E-state index in [-0.39, 0.29) is 16.8 Å². The molecule has 0 amide bonds. The van der Waals surface area contributed by atoms with E-state index >= 15 is 0 Å². The molecule has 20 heavy (non-hydrogen) atoms. The zero-order chi connectivity index (χ0) is 14.6. The predicted molar refractivity (Wildman–Crippen MR) is 75.3 cm³/mol. The Kier molecular flexibility index (Phi) is 4.49. The fourth-order valence-electron chi connectivity index (χ4n) is 2.13. The molecule has 0 saturated heterocycles. The summed E-state index contributed by atoms with van der Waals surface area (Å²) in [6.45, 7) is 3.97. The summed E-state index contributed by atoms with van der Waals surface area (Å²) in [5, 5.41) is 10.9. The van der Waals surface area contributed by atoms with E-state index < -0.39 is 9.84 Å². The summed E-state index contributed by atoms with van der Waals surface area (Å²) in [6.07, 6.45) is 1.83. The summed E-state index contributed by atoms with van der Waals surface area (Å²) in [5.74, 6) is 0.152. The van der Waals surface area contributed by atoms with Gasteiger partial charge in [0.1, 0.15) is 0 Å². The molecular formula is C13H18N4O2S.